The predicted octanol–water partition coefficient (Wildman–Crippen LogP) is 0.692. The Morgan fingerprint density at radius 3 is 2.69 bits per heavy atom. The van der Waals surface area contributed by atoms with Crippen molar-refractivity contribution >= 4 is 11.7 Å². The summed E-state index contributed by atoms with van der Waals surface area (Å²) in [6.07, 6.45) is 0. The van der Waals surface area contributed by atoms with E-state index < -0.39 is 11.5 Å². The van der Waals surface area contributed by atoms with Crippen molar-refractivity contribution in [3.8, 4) is 0 Å². The number of hydrogen-bond acceptors (Lipinski definition) is 4. The Bertz CT molecular complexity index is 311. The molecule has 5 heteroatoms. The predicted molar refractivity (Wildman–Crippen MR) is 46.2 cm³/mol. The average molecular weight is 184 g/mol. The Hall–Kier alpha value is -1.36. The molecule has 1 aromatic rings. The molecule has 0 radical (unpaired) electrons. The van der Waals surface area contributed by atoms with Gasteiger partial charge in [0.25, 0.3) is 5.91 Å². The van der Waals surface area contributed by atoms with Crippen LogP contribution in [0.4, 0.5) is 5.82 Å². The summed E-state index contributed by atoms with van der Waals surface area (Å²) in [4.78, 5) is 11.2. The number of rotatable bonds is 2. The fraction of sp³-hybridized carbons (Fsp3) is 0.500. The van der Waals surface area contributed by atoms with Gasteiger partial charge in [-0.1, -0.05) is 5.16 Å². The lowest BCUT2D eigenvalue weighted by molar-refractivity contribution is -0.130. The Kier molecular flexibility index (Phi) is 2.38. The molecule has 0 bridgehead atoms. The Morgan fingerprint density at radius 2 is 2.31 bits per heavy atom. The van der Waals surface area contributed by atoms with Crippen molar-refractivity contribution in [2.24, 2.45) is 0 Å². The first-order valence-corrected chi connectivity index (χ1v) is 3.87. The quantitative estimate of drug-likeness (QED) is 0.709. The summed E-state index contributed by atoms with van der Waals surface area (Å²) in [6, 6.07) is 1.57. The van der Waals surface area contributed by atoms with E-state index in [4.69, 9.17) is 4.52 Å². The zero-order chi connectivity index (χ0) is 10.1. The summed E-state index contributed by atoms with van der Waals surface area (Å²) < 4.78 is 4.73. The smallest absolute Gasteiger partial charge is 0.256 e. The van der Waals surface area contributed by atoms with Gasteiger partial charge in [0.2, 0.25) is 0 Å². The first-order valence-electron chi connectivity index (χ1n) is 3.87. The van der Waals surface area contributed by atoms with Crippen LogP contribution in [-0.4, -0.2) is 21.8 Å². The van der Waals surface area contributed by atoms with Gasteiger partial charge in [0, 0.05) is 6.07 Å². The fourth-order valence-corrected chi connectivity index (χ4v) is 0.695. The van der Waals surface area contributed by atoms with Gasteiger partial charge in [-0.25, -0.2) is 0 Å². The molecule has 72 valence electrons. The maximum atomic E-state index is 11.2. The average Bonchev–Trinajstić information content (AvgIpc) is 2.33. The van der Waals surface area contributed by atoms with Gasteiger partial charge < -0.3 is 14.9 Å². The number of aliphatic hydroxyl groups is 1. The van der Waals surface area contributed by atoms with Crippen LogP contribution in [0.25, 0.3) is 0 Å². The molecule has 0 aliphatic rings. The van der Waals surface area contributed by atoms with Crippen LogP contribution in [-0.2, 0) is 4.79 Å². The number of aromatic nitrogens is 1. The summed E-state index contributed by atoms with van der Waals surface area (Å²) in [6.45, 7) is 4.51. The molecule has 0 unspecified atom stereocenters. The molecule has 0 aliphatic heterocycles. The van der Waals surface area contributed by atoms with E-state index in [-0.39, 0.29) is 0 Å². The molecule has 1 heterocycles. The van der Waals surface area contributed by atoms with Gasteiger partial charge in [0.05, 0.1) is 0 Å². The van der Waals surface area contributed by atoms with Crippen LogP contribution in [0.1, 0.15) is 19.6 Å². The van der Waals surface area contributed by atoms with Crippen molar-refractivity contribution in [1.29, 1.82) is 0 Å². The van der Waals surface area contributed by atoms with Gasteiger partial charge in [-0.05, 0) is 20.8 Å². The van der Waals surface area contributed by atoms with Crippen LogP contribution in [0.5, 0.6) is 0 Å². The molecule has 13 heavy (non-hydrogen) atoms. The van der Waals surface area contributed by atoms with E-state index in [1.165, 1.54) is 13.8 Å². The van der Waals surface area contributed by atoms with Crippen molar-refractivity contribution in [2.45, 2.75) is 26.4 Å². The molecule has 0 fully saturated rings. The Morgan fingerprint density at radius 1 is 1.69 bits per heavy atom. The number of carbonyl (C=O) groups excluding carboxylic acids is 1. The van der Waals surface area contributed by atoms with Crippen LogP contribution in [0.2, 0.25) is 0 Å². The number of anilines is 1. The molecular formula is C8H12N2O3. The molecule has 0 aliphatic carbocycles. The number of carbonyl (C=O) groups is 1. The molecule has 1 rings (SSSR count). The zero-order valence-electron chi connectivity index (χ0n) is 7.79. The normalized spacial score (nSPS) is 11.4. The van der Waals surface area contributed by atoms with Gasteiger partial charge in [-0.3, -0.25) is 4.79 Å². The minimum absolute atomic E-state index is 0.310. The topological polar surface area (TPSA) is 75.4 Å². The zero-order valence-corrected chi connectivity index (χ0v) is 7.79. The SMILES string of the molecule is Cc1cc(NC(=O)C(C)(C)O)no1. The molecular weight excluding hydrogens is 172 g/mol. The molecule has 0 saturated heterocycles. The third-order valence-corrected chi connectivity index (χ3v) is 1.43. The second kappa shape index (κ2) is 3.18. The van der Waals surface area contributed by atoms with Crippen LogP contribution in [0, 0.1) is 6.92 Å². The first kappa shape index (κ1) is 9.73. The number of hydrogen-bond donors (Lipinski definition) is 2. The largest absolute Gasteiger partial charge is 0.381 e. The number of aryl methyl sites for hydroxylation is 1. The van der Waals surface area contributed by atoms with E-state index in [1.807, 2.05) is 0 Å². The summed E-state index contributed by atoms with van der Waals surface area (Å²) in [5, 5.41) is 15.2. The van der Waals surface area contributed by atoms with Crippen LogP contribution in [0.15, 0.2) is 10.6 Å². The fourth-order valence-electron chi connectivity index (χ4n) is 0.695. The van der Waals surface area contributed by atoms with E-state index in [0.717, 1.165) is 0 Å². The third-order valence-electron chi connectivity index (χ3n) is 1.43. The third kappa shape index (κ3) is 2.55. The van der Waals surface area contributed by atoms with E-state index in [2.05, 4.69) is 10.5 Å². The van der Waals surface area contributed by atoms with Crippen molar-refractivity contribution in [2.75, 3.05) is 5.32 Å². The van der Waals surface area contributed by atoms with Gasteiger partial charge >= 0.3 is 0 Å². The highest BCUT2D eigenvalue weighted by Crippen LogP contribution is 2.10. The van der Waals surface area contributed by atoms with Crippen molar-refractivity contribution in [3.63, 3.8) is 0 Å². The van der Waals surface area contributed by atoms with Gasteiger partial charge in [-0.15, -0.1) is 0 Å². The van der Waals surface area contributed by atoms with Gasteiger partial charge in [0.15, 0.2) is 5.82 Å². The van der Waals surface area contributed by atoms with E-state index in [1.54, 1.807) is 13.0 Å². The molecule has 2 N–H and O–H groups in total. The van der Waals surface area contributed by atoms with E-state index >= 15 is 0 Å². The maximum Gasteiger partial charge on any atom is 0.256 e. The molecule has 5 nitrogen and oxygen atoms in total. The van der Waals surface area contributed by atoms with E-state index in [0.29, 0.717) is 11.6 Å². The minimum atomic E-state index is -1.41. The summed E-state index contributed by atoms with van der Waals surface area (Å²) in [7, 11) is 0. The van der Waals surface area contributed by atoms with Gasteiger partial charge in [0.1, 0.15) is 11.4 Å². The monoisotopic (exact) mass is 184 g/mol. The van der Waals surface area contributed by atoms with Crippen LogP contribution < -0.4 is 5.32 Å². The highest BCUT2D eigenvalue weighted by Gasteiger charge is 2.24. The summed E-state index contributed by atoms with van der Waals surface area (Å²) in [5.74, 6) is 0.400. The molecule has 0 atom stereocenters. The van der Waals surface area contributed by atoms with E-state index in [9.17, 15) is 9.90 Å². The lowest BCUT2D eigenvalue weighted by Crippen LogP contribution is -2.36. The van der Waals surface area contributed by atoms with Crippen molar-refractivity contribution in [1.82, 2.24) is 5.16 Å². The molecule has 1 amide bonds. The molecule has 0 spiro atoms. The summed E-state index contributed by atoms with van der Waals surface area (Å²) in [5.41, 5.74) is -1.41. The molecule has 1 aromatic heterocycles. The number of amides is 1. The lowest BCUT2D eigenvalue weighted by Gasteiger charge is -2.14. The number of nitrogens with zero attached hydrogens (tertiary/aromatic N) is 1. The second-order valence-corrected chi connectivity index (χ2v) is 3.34. The van der Waals surface area contributed by atoms with Crippen LogP contribution >= 0.6 is 0 Å². The summed E-state index contributed by atoms with van der Waals surface area (Å²) >= 11 is 0. The first-order chi connectivity index (χ1) is 5.89. The lowest BCUT2D eigenvalue weighted by atomic mass is 10.1. The minimum Gasteiger partial charge on any atom is -0.381 e. The maximum absolute atomic E-state index is 11.2. The molecule has 0 aromatic carbocycles. The number of nitrogens with one attached hydrogen (secondary N) is 1. The van der Waals surface area contributed by atoms with Gasteiger partial charge in [-0.2, -0.15) is 0 Å². The van der Waals surface area contributed by atoms with Crippen LogP contribution in [0.3, 0.4) is 0 Å². The van der Waals surface area contributed by atoms with Crippen molar-refractivity contribution < 1.29 is 14.4 Å². The standard InChI is InChI=1S/C8H12N2O3/c1-5-4-6(10-13-5)9-7(11)8(2,3)12/h4,12H,1-3H3,(H,9,10,11). The highest BCUT2D eigenvalue weighted by atomic mass is 16.5. The van der Waals surface area contributed by atoms with Crippen molar-refractivity contribution in [3.05, 3.63) is 11.8 Å². The Labute approximate surface area is 75.7 Å². The Balaban J connectivity index is 2.65. The molecule has 0 saturated carbocycles. The highest BCUT2D eigenvalue weighted by molar-refractivity contribution is 5.95. The second-order valence-electron chi connectivity index (χ2n) is 3.34.